The molecule has 0 heteroatoms. The van der Waals surface area contributed by atoms with Crippen LogP contribution in [-0.2, 0) is 0 Å². The summed E-state index contributed by atoms with van der Waals surface area (Å²) in [7, 11) is 0. The molecule has 0 atom stereocenters. The summed E-state index contributed by atoms with van der Waals surface area (Å²) in [5.74, 6) is 2.74. The predicted octanol–water partition coefficient (Wildman–Crippen LogP) is 3.37. The first kappa shape index (κ1) is 8.65. The molecule has 1 aliphatic carbocycles. The highest BCUT2D eigenvalue weighted by Crippen LogP contribution is 2.39. The number of hydrogen-bond donors (Lipinski definition) is 0. The van der Waals surface area contributed by atoms with Gasteiger partial charge in [0, 0.05) is 6.42 Å². The van der Waals surface area contributed by atoms with Gasteiger partial charge in [-0.1, -0.05) is 26.2 Å². The van der Waals surface area contributed by atoms with Crippen LogP contribution >= 0.6 is 0 Å². The Hall–Kier alpha value is -0.440. The summed E-state index contributed by atoms with van der Waals surface area (Å²) in [5.41, 5.74) is 0.588. The van der Waals surface area contributed by atoms with Crippen LogP contribution in [0, 0.1) is 17.8 Å². The first-order chi connectivity index (χ1) is 5.27. The first-order valence-corrected chi connectivity index (χ1v) is 4.70. The van der Waals surface area contributed by atoms with Crippen LogP contribution in [0.15, 0.2) is 0 Å². The van der Waals surface area contributed by atoms with Gasteiger partial charge < -0.3 is 0 Å². The summed E-state index contributed by atoms with van der Waals surface area (Å²) in [5, 5.41) is 0. The summed E-state index contributed by atoms with van der Waals surface area (Å²) in [6.45, 7) is 2.39. The zero-order valence-corrected chi connectivity index (χ0v) is 7.53. The SMILES string of the molecule is C#CCCC1(C)CCCCC1. The Labute approximate surface area is 70.4 Å². The van der Waals surface area contributed by atoms with Gasteiger partial charge in [-0.15, -0.1) is 12.3 Å². The van der Waals surface area contributed by atoms with Crippen molar-refractivity contribution in [3.05, 3.63) is 0 Å². The summed E-state index contributed by atoms with van der Waals surface area (Å²) >= 11 is 0. The van der Waals surface area contributed by atoms with Gasteiger partial charge in [-0.2, -0.15) is 0 Å². The third-order valence-corrected chi connectivity index (χ3v) is 2.93. The molecule has 0 aromatic carbocycles. The molecule has 0 saturated heterocycles. The molecule has 0 heterocycles. The average molecular weight is 150 g/mol. The fourth-order valence-corrected chi connectivity index (χ4v) is 2.03. The molecule has 0 spiro atoms. The third kappa shape index (κ3) is 2.58. The normalized spacial score (nSPS) is 22.5. The van der Waals surface area contributed by atoms with Crippen molar-refractivity contribution in [2.45, 2.75) is 51.9 Å². The van der Waals surface area contributed by atoms with Crippen molar-refractivity contribution in [1.82, 2.24) is 0 Å². The van der Waals surface area contributed by atoms with Crippen molar-refractivity contribution >= 4 is 0 Å². The molecule has 0 N–H and O–H groups in total. The zero-order valence-electron chi connectivity index (χ0n) is 7.53. The summed E-state index contributed by atoms with van der Waals surface area (Å²) in [4.78, 5) is 0. The largest absolute Gasteiger partial charge is 0.120 e. The fraction of sp³-hybridized carbons (Fsp3) is 0.818. The van der Waals surface area contributed by atoms with E-state index in [1.807, 2.05) is 0 Å². The molecule has 1 rings (SSSR count). The van der Waals surface area contributed by atoms with E-state index in [9.17, 15) is 0 Å². The maximum atomic E-state index is 5.25. The Morgan fingerprint density at radius 1 is 1.27 bits per heavy atom. The Morgan fingerprint density at radius 3 is 2.45 bits per heavy atom. The van der Waals surface area contributed by atoms with E-state index in [0.717, 1.165) is 6.42 Å². The van der Waals surface area contributed by atoms with Crippen molar-refractivity contribution in [1.29, 1.82) is 0 Å². The lowest BCUT2D eigenvalue weighted by Gasteiger charge is -2.32. The van der Waals surface area contributed by atoms with Crippen LogP contribution < -0.4 is 0 Å². The molecule has 0 aromatic rings. The Morgan fingerprint density at radius 2 is 1.91 bits per heavy atom. The van der Waals surface area contributed by atoms with Gasteiger partial charge >= 0.3 is 0 Å². The molecule has 62 valence electrons. The summed E-state index contributed by atoms with van der Waals surface area (Å²) < 4.78 is 0. The van der Waals surface area contributed by atoms with E-state index in [4.69, 9.17) is 6.42 Å². The highest BCUT2D eigenvalue weighted by atomic mass is 14.3. The second-order valence-electron chi connectivity index (χ2n) is 4.08. The fourth-order valence-electron chi connectivity index (χ4n) is 2.03. The van der Waals surface area contributed by atoms with E-state index in [1.54, 1.807) is 0 Å². The monoisotopic (exact) mass is 150 g/mol. The van der Waals surface area contributed by atoms with E-state index in [-0.39, 0.29) is 0 Å². The van der Waals surface area contributed by atoms with Crippen LogP contribution in [0.5, 0.6) is 0 Å². The maximum Gasteiger partial charge on any atom is 0.00912 e. The van der Waals surface area contributed by atoms with Crippen LogP contribution in [0.3, 0.4) is 0 Å². The van der Waals surface area contributed by atoms with Gasteiger partial charge in [0.05, 0.1) is 0 Å². The smallest absolute Gasteiger partial charge is 0.00912 e. The molecule has 0 nitrogen and oxygen atoms in total. The molecule has 0 unspecified atom stereocenters. The molecule has 1 aliphatic rings. The minimum atomic E-state index is 0.588. The number of rotatable bonds is 2. The average Bonchev–Trinajstić information content (AvgIpc) is 2.03. The van der Waals surface area contributed by atoms with Crippen LogP contribution in [0.2, 0.25) is 0 Å². The van der Waals surface area contributed by atoms with Crippen molar-refractivity contribution in [2.24, 2.45) is 5.41 Å². The predicted molar refractivity (Wildman–Crippen MR) is 49.3 cm³/mol. The molecule has 11 heavy (non-hydrogen) atoms. The van der Waals surface area contributed by atoms with Gasteiger partial charge in [-0.25, -0.2) is 0 Å². The molecule has 0 aliphatic heterocycles. The van der Waals surface area contributed by atoms with Crippen LogP contribution in [0.4, 0.5) is 0 Å². The second kappa shape index (κ2) is 3.81. The standard InChI is InChI=1S/C11H18/c1-3-4-8-11(2)9-6-5-7-10-11/h1H,4-10H2,2H3. The zero-order chi connectivity index (χ0) is 8.16. The molecular weight excluding hydrogens is 132 g/mol. The molecule has 0 radical (unpaired) electrons. The Balaban J connectivity index is 2.32. The van der Waals surface area contributed by atoms with Crippen LogP contribution in [0.25, 0.3) is 0 Å². The van der Waals surface area contributed by atoms with Gasteiger partial charge in [0.2, 0.25) is 0 Å². The summed E-state index contributed by atoms with van der Waals surface area (Å²) in [6, 6.07) is 0. The quantitative estimate of drug-likeness (QED) is 0.529. The van der Waals surface area contributed by atoms with Crippen molar-refractivity contribution in [3.63, 3.8) is 0 Å². The van der Waals surface area contributed by atoms with Gasteiger partial charge in [-0.3, -0.25) is 0 Å². The van der Waals surface area contributed by atoms with Crippen LogP contribution in [-0.4, -0.2) is 0 Å². The molecular formula is C11H18. The topological polar surface area (TPSA) is 0 Å². The van der Waals surface area contributed by atoms with Crippen molar-refractivity contribution in [2.75, 3.05) is 0 Å². The minimum Gasteiger partial charge on any atom is -0.120 e. The lowest BCUT2D eigenvalue weighted by atomic mass is 9.73. The van der Waals surface area contributed by atoms with Gasteiger partial charge in [0.1, 0.15) is 0 Å². The third-order valence-electron chi connectivity index (χ3n) is 2.93. The number of hydrogen-bond acceptors (Lipinski definition) is 0. The van der Waals surface area contributed by atoms with Gasteiger partial charge in [0.15, 0.2) is 0 Å². The van der Waals surface area contributed by atoms with E-state index < -0.39 is 0 Å². The Kier molecular flexibility index (Phi) is 3.00. The molecule has 0 aromatic heterocycles. The van der Waals surface area contributed by atoms with E-state index in [2.05, 4.69) is 12.8 Å². The molecule has 0 amide bonds. The summed E-state index contributed by atoms with van der Waals surface area (Å²) in [6.07, 6.45) is 14.5. The number of terminal acetylenes is 1. The maximum absolute atomic E-state index is 5.25. The van der Waals surface area contributed by atoms with E-state index >= 15 is 0 Å². The molecule has 1 saturated carbocycles. The van der Waals surface area contributed by atoms with Gasteiger partial charge in [-0.05, 0) is 24.7 Å². The molecule has 0 bridgehead atoms. The van der Waals surface area contributed by atoms with Crippen molar-refractivity contribution < 1.29 is 0 Å². The molecule has 1 fully saturated rings. The van der Waals surface area contributed by atoms with E-state index in [1.165, 1.54) is 38.5 Å². The minimum absolute atomic E-state index is 0.588. The Bertz CT molecular complexity index is 144. The lowest BCUT2D eigenvalue weighted by molar-refractivity contribution is 0.202. The highest BCUT2D eigenvalue weighted by molar-refractivity contribution is 4.88. The van der Waals surface area contributed by atoms with Crippen LogP contribution in [0.1, 0.15) is 51.9 Å². The first-order valence-electron chi connectivity index (χ1n) is 4.70. The van der Waals surface area contributed by atoms with Gasteiger partial charge in [0.25, 0.3) is 0 Å². The van der Waals surface area contributed by atoms with E-state index in [0.29, 0.717) is 5.41 Å². The van der Waals surface area contributed by atoms with Crippen molar-refractivity contribution in [3.8, 4) is 12.3 Å². The lowest BCUT2D eigenvalue weighted by Crippen LogP contribution is -2.19. The highest BCUT2D eigenvalue weighted by Gasteiger charge is 2.25. The second-order valence-corrected chi connectivity index (χ2v) is 4.08.